The van der Waals surface area contributed by atoms with E-state index in [2.05, 4.69) is 36.7 Å². The lowest BCUT2D eigenvalue weighted by molar-refractivity contribution is 0.271. The van der Waals surface area contributed by atoms with Gasteiger partial charge >= 0.3 is 0 Å². The summed E-state index contributed by atoms with van der Waals surface area (Å²) >= 11 is 0. The Morgan fingerprint density at radius 2 is 2.12 bits per heavy atom. The molecule has 1 saturated heterocycles. The van der Waals surface area contributed by atoms with Crippen molar-refractivity contribution in [2.75, 3.05) is 29.4 Å². The first-order valence-corrected chi connectivity index (χ1v) is 7.90. The van der Waals surface area contributed by atoms with Crippen molar-refractivity contribution in [3.8, 4) is 0 Å². The minimum Gasteiger partial charge on any atom is -0.422 e. The molecule has 3 aromatic rings. The van der Waals surface area contributed by atoms with Crippen molar-refractivity contribution in [2.45, 2.75) is 19.6 Å². The van der Waals surface area contributed by atoms with Crippen LogP contribution in [0.4, 0.5) is 11.8 Å². The second kappa shape index (κ2) is 6.04. The second-order valence-corrected chi connectivity index (χ2v) is 5.80. The van der Waals surface area contributed by atoms with Gasteiger partial charge in [-0.15, -0.1) is 0 Å². The number of hydrogen-bond acceptors (Lipinski definition) is 8. The van der Waals surface area contributed by atoms with Gasteiger partial charge in [0.25, 0.3) is 6.01 Å². The van der Waals surface area contributed by atoms with Gasteiger partial charge in [0.05, 0.1) is 0 Å². The lowest BCUT2D eigenvalue weighted by atomic mass is 10.2. The highest BCUT2D eigenvalue weighted by Crippen LogP contribution is 2.25. The third-order valence-electron chi connectivity index (χ3n) is 4.18. The summed E-state index contributed by atoms with van der Waals surface area (Å²) in [6.45, 7) is 4.32. The van der Waals surface area contributed by atoms with E-state index in [1.807, 2.05) is 18.2 Å². The predicted molar refractivity (Wildman–Crippen MR) is 88.8 cm³/mol. The van der Waals surface area contributed by atoms with Gasteiger partial charge in [0, 0.05) is 38.1 Å². The molecular weight excluding hydrogens is 308 g/mol. The summed E-state index contributed by atoms with van der Waals surface area (Å²) in [5.41, 5.74) is 1.33. The fraction of sp³-hybridized carbons (Fsp3) is 0.375. The van der Waals surface area contributed by atoms with E-state index in [9.17, 15) is 5.11 Å². The molecule has 4 rings (SSSR count). The zero-order valence-corrected chi connectivity index (χ0v) is 13.3. The fourth-order valence-electron chi connectivity index (χ4n) is 2.97. The zero-order chi connectivity index (χ0) is 16.5. The van der Waals surface area contributed by atoms with Gasteiger partial charge in [0.15, 0.2) is 11.4 Å². The molecule has 0 aliphatic carbocycles. The van der Waals surface area contributed by atoms with Crippen molar-refractivity contribution < 1.29 is 9.52 Å². The SMILES string of the molecule is CC1CN(c2ccnc(CO)n2)CCN1c1nc2ncccc2o1. The number of fused-ring (bicyclic) bond motifs is 1. The van der Waals surface area contributed by atoms with E-state index in [1.54, 1.807) is 12.4 Å². The van der Waals surface area contributed by atoms with Gasteiger partial charge in [-0.1, -0.05) is 0 Å². The molecule has 4 heterocycles. The molecule has 0 bridgehead atoms. The monoisotopic (exact) mass is 326 g/mol. The standard InChI is InChI=1S/C16H18N6O2/c1-11-9-21(14-4-6-17-13(10-23)19-14)7-8-22(11)16-20-15-12(24-16)3-2-5-18-15/h2-6,11,23H,7-10H2,1H3. The van der Waals surface area contributed by atoms with Crippen molar-refractivity contribution in [1.29, 1.82) is 0 Å². The van der Waals surface area contributed by atoms with Gasteiger partial charge in [0.1, 0.15) is 12.4 Å². The second-order valence-electron chi connectivity index (χ2n) is 5.80. The molecule has 0 spiro atoms. The maximum atomic E-state index is 9.19. The van der Waals surface area contributed by atoms with Crippen molar-refractivity contribution in [2.24, 2.45) is 0 Å². The van der Waals surface area contributed by atoms with Crippen molar-refractivity contribution in [1.82, 2.24) is 19.9 Å². The van der Waals surface area contributed by atoms with Crippen LogP contribution in [0.5, 0.6) is 0 Å². The first kappa shape index (κ1) is 14.8. The molecule has 1 N–H and O–H groups in total. The molecular formula is C16H18N6O2. The third kappa shape index (κ3) is 2.65. The lowest BCUT2D eigenvalue weighted by Crippen LogP contribution is -2.52. The van der Waals surface area contributed by atoms with Crippen molar-refractivity contribution >= 4 is 23.1 Å². The molecule has 124 valence electrons. The molecule has 8 nitrogen and oxygen atoms in total. The van der Waals surface area contributed by atoms with Crippen LogP contribution < -0.4 is 9.80 Å². The van der Waals surface area contributed by atoms with Gasteiger partial charge < -0.3 is 19.3 Å². The number of aromatic nitrogens is 4. The number of pyridine rings is 1. The van der Waals surface area contributed by atoms with Crippen LogP contribution in [0.1, 0.15) is 12.7 Å². The maximum absolute atomic E-state index is 9.19. The van der Waals surface area contributed by atoms with Crippen LogP contribution in [0.3, 0.4) is 0 Å². The fourth-order valence-corrected chi connectivity index (χ4v) is 2.97. The number of aliphatic hydroxyl groups is 1. The average molecular weight is 326 g/mol. The molecule has 1 fully saturated rings. The summed E-state index contributed by atoms with van der Waals surface area (Å²) in [5, 5.41) is 9.19. The number of nitrogens with zero attached hydrogens (tertiary/aromatic N) is 6. The van der Waals surface area contributed by atoms with E-state index in [-0.39, 0.29) is 12.6 Å². The Kier molecular flexibility index (Phi) is 3.73. The van der Waals surface area contributed by atoms with Crippen LogP contribution >= 0.6 is 0 Å². The summed E-state index contributed by atoms with van der Waals surface area (Å²) in [7, 11) is 0. The lowest BCUT2D eigenvalue weighted by Gasteiger charge is -2.39. The Labute approximate surface area is 138 Å². The van der Waals surface area contributed by atoms with Crippen LogP contribution in [-0.2, 0) is 6.61 Å². The highest BCUT2D eigenvalue weighted by atomic mass is 16.4. The Morgan fingerprint density at radius 3 is 2.92 bits per heavy atom. The number of rotatable bonds is 3. The maximum Gasteiger partial charge on any atom is 0.300 e. The zero-order valence-electron chi connectivity index (χ0n) is 13.3. The van der Waals surface area contributed by atoms with Gasteiger partial charge in [-0.05, 0) is 25.1 Å². The number of aliphatic hydroxyl groups excluding tert-OH is 1. The van der Waals surface area contributed by atoms with Crippen molar-refractivity contribution in [3.05, 3.63) is 36.4 Å². The van der Waals surface area contributed by atoms with E-state index in [0.717, 1.165) is 25.5 Å². The Bertz CT molecular complexity index is 818. The van der Waals surface area contributed by atoms with Crippen LogP contribution in [0, 0.1) is 0 Å². The molecule has 8 heteroatoms. The molecule has 3 aromatic heterocycles. The molecule has 0 radical (unpaired) electrons. The summed E-state index contributed by atoms with van der Waals surface area (Å²) in [4.78, 5) is 21.4. The van der Waals surface area contributed by atoms with Crippen LogP contribution in [-0.4, -0.2) is 50.7 Å². The topological polar surface area (TPSA) is 91.4 Å². The highest BCUT2D eigenvalue weighted by molar-refractivity contribution is 5.69. The van der Waals surface area contributed by atoms with E-state index < -0.39 is 0 Å². The van der Waals surface area contributed by atoms with E-state index in [0.29, 0.717) is 23.1 Å². The summed E-state index contributed by atoms with van der Waals surface area (Å²) in [6.07, 6.45) is 3.39. The van der Waals surface area contributed by atoms with Crippen LogP contribution in [0.15, 0.2) is 35.0 Å². The number of piperazine rings is 1. The highest BCUT2D eigenvalue weighted by Gasteiger charge is 2.28. The summed E-state index contributed by atoms with van der Waals surface area (Å²) < 4.78 is 5.83. The molecule has 1 aliphatic rings. The Morgan fingerprint density at radius 1 is 1.21 bits per heavy atom. The van der Waals surface area contributed by atoms with Gasteiger partial charge in [-0.2, -0.15) is 4.98 Å². The van der Waals surface area contributed by atoms with Crippen LogP contribution in [0.25, 0.3) is 11.2 Å². The minimum absolute atomic E-state index is 0.154. The first-order valence-electron chi connectivity index (χ1n) is 7.90. The molecule has 1 unspecified atom stereocenters. The van der Waals surface area contributed by atoms with E-state index in [4.69, 9.17) is 4.42 Å². The van der Waals surface area contributed by atoms with E-state index >= 15 is 0 Å². The molecule has 24 heavy (non-hydrogen) atoms. The van der Waals surface area contributed by atoms with Gasteiger partial charge in [0.2, 0.25) is 5.65 Å². The molecule has 1 aliphatic heterocycles. The van der Waals surface area contributed by atoms with E-state index in [1.165, 1.54) is 0 Å². The normalized spacial score (nSPS) is 18.3. The Hall–Kier alpha value is -2.74. The third-order valence-corrected chi connectivity index (χ3v) is 4.18. The average Bonchev–Trinajstić information content (AvgIpc) is 3.05. The Balaban J connectivity index is 1.53. The molecule has 0 amide bonds. The van der Waals surface area contributed by atoms with Gasteiger partial charge in [-0.3, -0.25) is 0 Å². The first-order chi connectivity index (χ1) is 11.7. The summed E-state index contributed by atoms with van der Waals surface area (Å²) in [5.74, 6) is 1.27. The van der Waals surface area contributed by atoms with Gasteiger partial charge in [-0.25, -0.2) is 15.0 Å². The quantitative estimate of drug-likeness (QED) is 0.768. The molecule has 1 atom stereocenters. The summed E-state index contributed by atoms with van der Waals surface area (Å²) in [6, 6.07) is 6.39. The molecule has 0 aromatic carbocycles. The number of oxazole rings is 1. The number of anilines is 2. The van der Waals surface area contributed by atoms with Crippen LogP contribution in [0.2, 0.25) is 0 Å². The largest absolute Gasteiger partial charge is 0.422 e. The molecule has 0 saturated carbocycles. The smallest absolute Gasteiger partial charge is 0.300 e. The predicted octanol–water partition coefficient (Wildman–Crippen LogP) is 1.22. The van der Waals surface area contributed by atoms with Crippen molar-refractivity contribution in [3.63, 3.8) is 0 Å². The number of hydrogen-bond donors (Lipinski definition) is 1. The minimum atomic E-state index is -0.154.